The molecule has 2 N–H and O–H groups in total. The summed E-state index contributed by atoms with van der Waals surface area (Å²) >= 11 is 0. The van der Waals surface area contributed by atoms with Crippen LogP contribution in [0.15, 0.2) is 17.1 Å². The molecule has 0 saturated heterocycles. The number of rotatable bonds is 2. The standard InChI is InChI=1S/C11H19N3/c1-9-7-12-11(14-9)13-8-10-5-3-2-4-6-10/h2-3,9-10H,4-8H2,1H3,(H2,12,13,14). The molecule has 0 bridgehead atoms. The fraction of sp³-hybridized carbons (Fsp3) is 0.727. The van der Waals surface area contributed by atoms with Gasteiger partial charge in [-0.2, -0.15) is 0 Å². The molecular weight excluding hydrogens is 174 g/mol. The smallest absolute Gasteiger partial charge is 0.191 e. The van der Waals surface area contributed by atoms with Crippen molar-refractivity contribution in [3.63, 3.8) is 0 Å². The van der Waals surface area contributed by atoms with E-state index in [0.717, 1.165) is 25.0 Å². The zero-order valence-electron chi connectivity index (χ0n) is 8.79. The fourth-order valence-corrected chi connectivity index (χ4v) is 1.94. The van der Waals surface area contributed by atoms with E-state index in [9.17, 15) is 0 Å². The highest BCUT2D eigenvalue weighted by Crippen LogP contribution is 2.16. The molecule has 2 atom stereocenters. The van der Waals surface area contributed by atoms with Crippen LogP contribution in [0.2, 0.25) is 0 Å². The van der Waals surface area contributed by atoms with Crippen LogP contribution >= 0.6 is 0 Å². The van der Waals surface area contributed by atoms with Crippen LogP contribution in [0.25, 0.3) is 0 Å². The molecule has 0 amide bonds. The maximum absolute atomic E-state index is 4.38. The Labute approximate surface area is 85.7 Å². The Bertz CT molecular complexity index is 245. The third-order valence-corrected chi connectivity index (χ3v) is 2.84. The fourth-order valence-electron chi connectivity index (χ4n) is 1.94. The highest BCUT2D eigenvalue weighted by atomic mass is 15.2. The van der Waals surface area contributed by atoms with Gasteiger partial charge in [-0.25, -0.2) is 0 Å². The van der Waals surface area contributed by atoms with E-state index in [1.54, 1.807) is 0 Å². The Hall–Kier alpha value is -0.990. The van der Waals surface area contributed by atoms with E-state index in [-0.39, 0.29) is 0 Å². The van der Waals surface area contributed by atoms with Gasteiger partial charge in [0.25, 0.3) is 0 Å². The van der Waals surface area contributed by atoms with Crippen LogP contribution in [-0.2, 0) is 0 Å². The number of nitrogens with one attached hydrogen (secondary N) is 2. The number of hydrogen-bond acceptors (Lipinski definition) is 3. The first kappa shape index (κ1) is 9.56. The van der Waals surface area contributed by atoms with Crippen LogP contribution < -0.4 is 10.6 Å². The van der Waals surface area contributed by atoms with Crippen molar-refractivity contribution in [2.45, 2.75) is 32.2 Å². The first-order valence-corrected chi connectivity index (χ1v) is 5.54. The molecule has 0 aromatic rings. The number of nitrogens with zero attached hydrogens (tertiary/aromatic N) is 1. The quantitative estimate of drug-likeness (QED) is 0.648. The number of guanidine groups is 1. The van der Waals surface area contributed by atoms with Crippen LogP contribution in [-0.4, -0.2) is 25.1 Å². The minimum atomic E-state index is 0.503. The lowest BCUT2D eigenvalue weighted by molar-refractivity contribution is 0.470. The second kappa shape index (κ2) is 4.49. The van der Waals surface area contributed by atoms with Crippen molar-refractivity contribution in [1.29, 1.82) is 0 Å². The van der Waals surface area contributed by atoms with E-state index in [2.05, 4.69) is 34.7 Å². The molecule has 2 aliphatic rings. The van der Waals surface area contributed by atoms with Gasteiger partial charge in [-0.3, -0.25) is 4.99 Å². The van der Waals surface area contributed by atoms with Gasteiger partial charge in [0, 0.05) is 12.6 Å². The predicted molar refractivity (Wildman–Crippen MR) is 59.4 cm³/mol. The summed E-state index contributed by atoms with van der Waals surface area (Å²) in [6, 6.07) is 0.503. The molecule has 0 aromatic carbocycles. The largest absolute Gasteiger partial charge is 0.356 e. The Morgan fingerprint density at radius 2 is 2.50 bits per heavy atom. The van der Waals surface area contributed by atoms with Gasteiger partial charge in [0.15, 0.2) is 5.96 Å². The Morgan fingerprint density at radius 1 is 1.57 bits per heavy atom. The molecule has 3 heteroatoms. The van der Waals surface area contributed by atoms with Crippen molar-refractivity contribution in [3.8, 4) is 0 Å². The average molecular weight is 193 g/mol. The Morgan fingerprint density at radius 3 is 3.14 bits per heavy atom. The molecular formula is C11H19N3. The normalized spacial score (nSPS) is 31.1. The lowest BCUT2D eigenvalue weighted by Crippen LogP contribution is -2.39. The van der Waals surface area contributed by atoms with E-state index in [1.807, 2.05) is 0 Å². The van der Waals surface area contributed by atoms with Gasteiger partial charge in [-0.15, -0.1) is 0 Å². The Kier molecular flexibility index (Phi) is 3.07. The predicted octanol–water partition coefficient (Wildman–Crippen LogP) is 1.28. The van der Waals surface area contributed by atoms with Crippen LogP contribution in [0.5, 0.6) is 0 Å². The molecule has 1 aliphatic carbocycles. The summed E-state index contributed by atoms with van der Waals surface area (Å²) < 4.78 is 0. The highest BCUT2D eigenvalue weighted by molar-refractivity contribution is 5.81. The van der Waals surface area contributed by atoms with Gasteiger partial charge < -0.3 is 10.6 Å². The zero-order chi connectivity index (χ0) is 9.80. The minimum Gasteiger partial charge on any atom is -0.356 e. The zero-order valence-corrected chi connectivity index (χ0v) is 8.79. The topological polar surface area (TPSA) is 36.4 Å². The summed E-state index contributed by atoms with van der Waals surface area (Å²) in [5.41, 5.74) is 0. The second-order valence-corrected chi connectivity index (χ2v) is 4.27. The molecule has 78 valence electrons. The van der Waals surface area contributed by atoms with Crippen molar-refractivity contribution < 1.29 is 0 Å². The first-order chi connectivity index (χ1) is 6.84. The first-order valence-electron chi connectivity index (χ1n) is 5.54. The molecule has 0 radical (unpaired) electrons. The molecule has 1 aliphatic heterocycles. The SMILES string of the molecule is CC1CN=C(NCC2CC=CCC2)N1. The van der Waals surface area contributed by atoms with E-state index < -0.39 is 0 Å². The summed E-state index contributed by atoms with van der Waals surface area (Å²) in [7, 11) is 0. The summed E-state index contributed by atoms with van der Waals surface area (Å²) in [5.74, 6) is 1.78. The van der Waals surface area contributed by atoms with Crippen LogP contribution in [0.1, 0.15) is 26.2 Å². The number of allylic oxidation sites excluding steroid dienone is 2. The number of hydrogen-bond donors (Lipinski definition) is 2. The molecule has 0 fully saturated rings. The van der Waals surface area contributed by atoms with Gasteiger partial charge in [-0.1, -0.05) is 12.2 Å². The molecule has 2 rings (SSSR count). The summed E-state index contributed by atoms with van der Waals surface area (Å²) in [6.07, 6.45) is 8.34. The third-order valence-electron chi connectivity index (χ3n) is 2.84. The second-order valence-electron chi connectivity index (χ2n) is 4.27. The van der Waals surface area contributed by atoms with Crippen molar-refractivity contribution in [1.82, 2.24) is 10.6 Å². The third kappa shape index (κ3) is 2.50. The summed E-state index contributed by atoms with van der Waals surface area (Å²) in [6.45, 7) is 4.12. The van der Waals surface area contributed by atoms with E-state index in [0.29, 0.717) is 6.04 Å². The molecule has 14 heavy (non-hydrogen) atoms. The lowest BCUT2D eigenvalue weighted by Gasteiger charge is -2.19. The number of aliphatic imine (C=N–C) groups is 1. The van der Waals surface area contributed by atoms with E-state index in [1.165, 1.54) is 19.3 Å². The molecule has 0 saturated carbocycles. The van der Waals surface area contributed by atoms with Gasteiger partial charge in [0.2, 0.25) is 0 Å². The summed E-state index contributed by atoms with van der Waals surface area (Å²) in [4.78, 5) is 4.38. The molecule has 3 nitrogen and oxygen atoms in total. The molecule has 0 spiro atoms. The maximum Gasteiger partial charge on any atom is 0.191 e. The van der Waals surface area contributed by atoms with Crippen LogP contribution in [0, 0.1) is 5.92 Å². The Balaban J connectivity index is 1.69. The van der Waals surface area contributed by atoms with Crippen LogP contribution in [0.3, 0.4) is 0 Å². The molecule has 1 heterocycles. The lowest BCUT2D eigenvalue weighted by atomic mass is 9.94. The van der Waals surface area contributed by atoms with E-state index >= 15 is 0 Å². The average Bonchev–Trinajstić information content (AvgIpc) is 2.63. The molecule has 2 unspecified atom stereocenters. The van der Waals surface area contributed by atoms with Crippen molar-refractivity contribution in [2.75, 3.05) is 13.1 Å². The van der Waals surface area contributed by atoms with Crippen molar-refractivity contribution >= 4 is 5.96 Å². The molecule has 0 aromatic heterocycles. The maximum atomic E-state index is 4.38. The summed E-state index contributed by atoms with van der Waals surface area (Å²) in [5, 5.41) is 6.70. The van der Waals surface area contributed by atoms with Gasteiger partial charge >= 0.3 is 0 Å². The van der Waals surface area contributed by atoms with Crippen molar-refractivity contribution in [3.05, 3.63) is 12.2 Å². The van der Waals surface area contributed by atoms with Gasteiger partial charge in [0.05, 0.1) is 6.54 Å². The minimum absolute atomic E-state index is 0.503. The van der Waals surface area contributed by atoms with Crippen LogP contribution in [0.4, 0.5) is 0 Å². The van der Waals surface area contributed by atoms with Gasteiger partial charge in [-0.05, 0) is 32.1 Å². The highest BCUT2D eigenvalue weighted by Gasteiger charge is 2.14. The monoisotopic (exact) mass is 193 g/mol. The van der Waals surface area contributed by atoms with Crippen molar-refractivity contribution in [2.24, 2.45) is 10.9 Å². The van der Waals surface area contributed by atoms with E-state index in [4.69, 9.17) is 0 Å². The van der Waals surface area contributed by atoms with Gasteiger partial charge in [0.1, 0.15) is 0 Å².